The van der Waals surface area contributed by atoms with Crippen LogP contribution in [0.15, 0.2) is 30.3 Å². The van der Waals surface area contributed by atoms with Crippen molar-refractivity contribution >= 4 is 11.9 Å². The summed E-state index contributed by atoms with van der Waals surface area (Å²) in [4.78, 5) is 22.5. The minimum atomic E-state index is -2.05. The van der Waals surface area contributed by atoms with Crippen LogP contribution in [0.3, 0.4) is 0 Å². The van der Waals surface area contributed by atoms with Crippen LogP contribution in [0.1, 0.15) is 21.1 Å². The van der Waals surface area contributed by atoms with Gasteiger partial charge in [-0.25, -0.2) is 4.79 Å². The van der Waals surface area contributed by atoms with E-state index in [1.807, 2.05) is 6.07 Å². The zero-order valence-corrected chi connectivity index (χ0v) is 9.80. The summed E-state index contributed by atoms with van der Waals surface area (Å²) < 4.78 is 23.8. The van der Waals surface area contributed by atoms with Crippen LogP contribution in [0.2, 0.25) is 0 Å². The molecule has 0 saturated heterocycles. The predicted octanol–water partition coefficient (Wildman–Crippen LogP) is 1.05. The van der Waals surface area contributed by atoms with Crippen molar-refractivity contribution in [2.75, 3.05) is 13.2 Å². The summed E-state index contributed by atoms with van der Waals surface area (Å²) in [5.74, 6) is -1.62. The number of carbonyl (C=O) groups is 2. The number of esters is 2. The van der Waals surface area contributed by atoms with Gasteiger partial charge in [0.2, 0.25) is 0 Å². The third-order valence-electron chi connectivity index (χ3n) is 1.97. The van der Waals surface area contributed by atoms with Crippen LogP contribution in [0.25, 0.3) is 0 Å². The van der Waals surface area contributed by atoms with Crippen LogP contribution in [-0.2, 0) is 25.7 Å². The first-order valence-electron chi connectivity index (χ1n) is 6.39. The van der Waals surface area contributed by atoms with E-state index >= 15 is 0 Å². The fourth-order valence-electron chi connectivity index (χ4n) is 1.13. The van der Waals surface area contributed by atoms with Crippen LogP contribution in [0, 0.1) is 0 Å². The molecule has 0 aliphatic carbocycles. The molecule has 1 N–H and O–H groups in total. The quantitative estimate of drug-likeness (QED) is 0.736. The number of aliphatic hydroxyl groups is 1. The SMILES string of the molecule is [2H]C([2H])(CO)CC(=O)OCC(=O)OCc1ccccc1. The zero-order valence-electron chi connectivity index (χ0n) is 11.8. The van der Waals surface area contributed by atoms with Gasteiger partial charge in [0.1, 0.15) is 6.61 Å². The van der Waals surface area contributed by atoms with Crippen LogP contribution in [0.4, 0.5) is 0 Å². The lowest BCUT2D eigenvalue weighted by atomic mass is 10.2. The maximum atomic E-state index is 11.3. The van der Waals surface area contributed by atoms with Gasteiger partial charge in [0.15, 0.2) is 6.61 Å². The standard InChI is InChI=1S/C13H16O5/c14-8-4-7-12(15)18-10-13(16)17-9-11-5-2-1-3-6-11/h1-3,5-6,14H,4,7-10H2/i4D2. The van der Waals surface area contributed by atoms with Gasteiger partial charge < -0.3 is 14.6 Å². The highest BCUT2D eigenvalue weighted by Crippen LogP contribution is 2.01. The molecule has 5 nitrogen and oxygen atoms in total. The van der Waals surface area contributed by atoms with Crippen molar-refractivity contribution in [3.8, 4) is 0 Å². The number of aliphatic hydroxyl groups excluding tert-OH is 1. The van der Waals surface area contributed by atoms with Gasteiger partial charge in [-0.3, -0.25) is 4.79 Å². The van der Waals surface area contributed by atoms with Gasteiger partial charge in [-0.2, -0.15) is 0 Å². The summed E-state index contributed by atoms with van der Waals surface area (Å²) >= 11 is 0. The fourth-order valence-corrected chi connectivity index (χ4v) is 1.13. The minimum absolute atomic E-state index is 0.0781. The summed E-state index contributed by atoms with van der Waals surface area (Å²) in [6, 6.07) is 9.02. The molecule has 0 unspecified atom stereocenters. The van der Waals surface area contributed by atoms with Crippen molar-refractivity contribution in [3.63, 3.8) is 0 Å². The molecule has 0 heterocycles. The second-order valence-corrected chi connectivity index (χ2v) is 3.39. The van der Waals surface area contributed by atoms with Crippen molar-refractivity contribution in [2.24, 2.45) is 0 Å². The Morgan fingerprint density at radius 2 is 1.89 bits per heavy atom. The number of hydrogen-bond acceptors (Lipinski definition) is 5. The summed E-state index contributed by atoms with van der Waals surface area (Å²) in [5, 5.41) is 8.66. The first-order chi connectivity index (χ1) is 9.43. The lowest BCUT2D eigenvalue weighted by Gasteiger charge is -2.05. The highest BCUT2D eigenvalue weighted by molar-refractivity contribution is 5.76. The number of hydrogen-bond donors (Lipinski definition) is 1. The van der Waals surface area contributed by atoms with E-state index in [9.17, 15) is 9.59 Å². The monoisotopic (exact) mass is 254 g/mol. The highest BCUT2D eigenvalue weighted by atomic mass is 16.6. The summed E-state index contributed by atoms with van der Waals surface area (Å²) in [6.07, 6.45) is -2.67. The Hall–Kier alpha value is -1.88. The molecule has 1 aromatic carbocycles. The number of ether oxygens (including phenoxy) is 2. The van der Waals surface area contributed by atoms with E-state index in [0.29, 0.717) is 0 Å². The van der Waals surface area contributed by atoms with E-state index in [1.165, 1.54) is 0 Å². The molecule has 0 aliphatic heterocycles. The van der Waals surface area contributed by atoms with Crippen molar-refractivity contribution in [2.45, 2.75) is 19.4 Å². The van der Waals surface area contributed by atoms with E-state index in [2.05, 4.69) is 4.74 Å². The molecule has 1 aromatic rings. The van der Waals surface area contributed by atoms with E-state index in [4.69, 9.17) is 12.6 Å². The molecule has 0 saturated carbocycles. The van der Waals surface area contributed by atoms with Gasteiger partial charge in [0.25, 0.3) is 0 Å². The third-order valence-corrected chi connectivity index (χ3v) is 1.97. The maximum Gasteiger partial charge on any atom is 0.344 e. The first-order valence-corrected chi connectivity index (χ1v) is 5.39. The molecule has 0 radical (unpaired) electrons. The predicted molar refractivity (Wildman–Crippen MR) is 63.5 cm³/mol. The smallest absolute Gasteiger partial charge is 0.344 e. The van der Waals surface area contributed by atoms with Gasteiger partial charge in [-0.05, 0) is 11.9 Å². The third kappa shape index (κ3) is 6.00. The molecule has 0 aromatic heterocycles. The summed E-state index contributed by atoms with van der Waals surface area (Å²) in [5.41, 5.74) is 0.809. The van der Waals surface area contributed by atoms with Gasteiger partial charge in [0.05, 0.1) is 0 Å². The summed E-state index contributed by atoms with van der Waals surface area (Å²) in [6.45, 7) is -1.29. The summed E-state index contributed by atoms with van der Waals surface area (Å²) in [7, 11) is 0. The fraction of sp³-hybridized carbons (Fsp3) is 0.385. The molecule has 0 amide bonds. The zero-order chi connectivity index (χ0) is 15.0. The van der Waals surface area contributed by atoms with Crippen LogP contribution < -0.4 is 0 Å². The Morgan fingerprint density at radius 3 is 2.56 bits per heavy atom. The Labute approximate surface area is 108 Å². The first kappa shape index (κ1) is 11.2. The second kappa shape index (κ2) is 8.25. The molecular weight excluding hydrogens is 236 g/mol. The van der Waals surface area contributed by atoms with Gasteiger partial charge >= 0.3 is 11.9 Å². The van der Waals surface area contributed by atoms with Crippen LogP contribution in [-0.4, -0.2) is 30.3 Å². The molecule has 0 bridgehead atoms. The Morgan fingerprint density at radius 1 is 1.17 bits per heavy atom. The Balaban J connectivity index is 2.25. The topological polar surface area (TPSA) is 72.8 Å². The lowest BCUT2D eigenvalue weighted by molar-refractivity contribution is -0.159. The van der Waals surface area contributed by atoms with Crippen molar-refractivity contribution < 1.29 is 26.9 Å². The highest BCUT2D eigenvalue weighted by Gasteiger charge is 2.08. The van der Waals surface area contributed by atoms with Crippen molar-refractivity contribution in [1.82, 2.24) is 0 Å². The van der Waals surface area contributed by atoms with E-state index in [0.717, 1.165) is 5.56 Å². The molecule has 18 heavy (non-hydrogen) atoms. The number of benzene rings is 1. The second-order valence-electron chi connectivity index (χ2n) is 3.39. The van der Waals surface area contributed by atoms with Gasteiger partial charge in [0, 0.05) is 15.8 Å². The Kier molecular flexibility index (Phi) is 5.14. The van der Waals surface area contributed by atoms with Gasteiger partial charge in [-0.1, -0.05) is 30.3 Å². The maximum absolute atomic E-state index is 11.3. The van der Waals surface area contributed by atoms with E-state index < -0.39 is 37.9 Å². The average molecular weight is 254 g/mol. The molecule has 1 rings (SSSR count). The van der Waals surface area contributed by atoms with E-state index in [-0.39, 0.29) is 6.61 Å². The number of rotatable bonds is 7. The molecule has 0 spiro atoms. The molecule has 0 atom stereocenters. The van der Waals surface area contributed by atoms with Crippen LogP contribution in [0.5, 0.6) is 0 Å². The Bertz CT molecular complexity index is 447. The largest absolute Gasteiger partial charge is 0.458 e. The van der Waals surface area contributed by atoms with Crippen LogP contribution >= 0.6 is 0 Å². The molecule has 98 valence electrons. The van der Waals surface area contributed by atoms with Gasteiger partial charge in [-0.15, -0.1) is 0 Å². The van der Waals surface area contributed by atoms with Crippen molar-refractivity contribution in [1.29, 1.82) is 0 Å². The lowest BCUT2D eigenvalue weighted by Crippen LogP contribution is -2.16. The minimum Gasteiger partial charge on any atom is -0.458 e. The molecular formula is C13H16O5. The molecule has 0 fully saturated rings. The normalized spacial score (nSPS) is 12.3. The molecule has 0 aliphatic rings. The van der Waals surface area contributed by atoms with E-state index in [1.54, 1.807) is 24.3 Å². The number of carbonyl (C=O) groups excluding carboxylic acids is 2. The molecule has 5 heteroatoms. The van der Waals surface area contributed by atoms with Crippen molar-refractivity contribution in [3.05, 3.63) is 35.9 Å². The average Bonchev–Trinajstić information content (AvgIpc) is 2.43.